The zero-order chi connectivity index (χ0) is 67.4. The summed E-state index contributed by atoms with van der Waals surface area (Å²) < 4.78 is 45.7. The first-order valence-corrected chi connectivity index (χ1v) is 31.0. The van der Waals surface area contributed by atoms with Gasteiger partial charge in [-0.25, -0.2) is 0 Å². The minimum atomic E-state index is -1.11. The molecule has 0 fully saturated rings. The van der Waals surface area contributed by atoms with Crippen LogP contribution in [-0.4, -0.2) is 197 Å². The molecule has 0 aromatic carbocycles. The highest BCUT2D eigenvalue weighted by molar-refractivity contribution is 5.83. The molecule has 0 aliphatic heterocycles. The van der Waals surface area contributed by atoms with Crippen molar-refractivity contribution in [2.24, 2.45) is 27.1 Å². The molecule has 0 aliphatic carbocycles. The summed E-state index contributed by atoms with van der Waals surface area (Å²) in [6.45, 7) is 26.7. The lowest BCUT2D eigenvalue weighted by atomic mass is 9.92. The van der Waals surface area contributed by atoms with Crippen molar-refractivity contribution in [1.82, 2.24) is 42.5 Å². The fourth-order valence-corrected chi connectivity index (χ4v) is 7.14. The molecule has 8 N–H and O–H groups in total. The van der Waals surface area contributed by atoms with Crippen molar-refractivity contribution in [3.05, 3.63) is 12.3 Å². The Morgan fingerprint density at radius 1 is 0.289 bits per heavy atom. The molecule has 0 atom stereocenters. The van der Waals surface area contributed by atoms with Crippen LogP contribution in [0.3, 0.4) is 0 Å². The average molecular weight is 1290 g/mol. The second-order valence-corrected chi connectivity index (χ2v) is 25.6. The van der Waals surface area contributed by atoms with E-state index in [9.17, 15) is 52.7 Å². The smallest absolute Gasteiger partial charge is 0.305 e. The van der Waals surface area contributed by atoms with Crippen LogP contribution in [0.25, 0.3) is 0 Å². The summed E-state index contributed by atoms with van der Waals surface area (Å²) in [7, 11) is 0. The number of allylic oxidation sites excluding steroid dienone is 1. The van der Waals surface area contributed by atoms with Crippen molar-refractivity contribution in [2.45, 2.75) is 168 Å². The van der Waals surface area contributed by atoms with E-state index in [0.29, 0.717) is 31.6 Å². The number of esters is 4. The highest BCUT2D eigenvalue weighted by Crippen LogP contribution is 2.22. The van der Waals surface area contributed by atoms with Gasteiger partial charge in [-0.15, -0.1) is 0 Å². The maximum Gasteiger partial charge on any atom is 0.305 e. The lowest BCUT2D eigenvalue weighted by Gasteiger charge is -2.33. The second-order valence-electron chi connectivity index (χ2n) is 25.6. The van der Waals surface area contributed by atoms with E-state index in [0.717, 1.165) is 0 Å². The quantitative estimate of drug-likeness (QED) is 0.0245. The van der Waals surface area contributed by atoms with Crippen LogP contribution in [0.4, 0.5) is 0 Å². The number of carbonyl (C=O) groups is 11. The molecular weight excluding hydrogens is 1170 g/mol. The first-order chi connectivity index (χ1) is 41.7. The zero-order valence-corrected chi connectivity index (χ0v) is 55.6. The van der Waals surface area contributed by atoms with Gasteiger partial charge in [0.1, 0.15) is 26.4 Å². The highest BCUT2D eigenvalue weighted by Gasteiger charge is 2.33. The molecular formula is C63H114N8O19. The number of rotatable bonds is 49. The molecule has 90 heavy (non-hydrogen) atoms. The van der Waals surface area contributed by atoms with Crippen LogP contribution in [0.5, 0.6) is 0 Å². The number of carbonyl (C=O) groups excluding carboxylic acids is 11. The minimum absolute atomic E-state index is 0. The Morgan fingerprint density at radius 2 is 0.500 bits per heavy atom. The topological polar surface area (TPSA) is 358 Å². The van der Waals surface area contributed by atoms with E-state index in [1.165, 1.54) is 0 Å². The molecule has 0 saturated heterocycles. The van der Waals surface area contributed by atoms with Gasteiger partial charge < -0.3 is 80.4 Å². The van der Waals surface area contributed by atoms with Crippen molar-refractivity contribution in [3.8, 4) is 0 Å². The third-order valence-corrected chi connectivity index (χ3v) is 12.5. The summed E-state index contributed by atoms with van der Waals surface area (Å²) in [6, 6.07) is 0. The number of amides is 7. The Hall–Kier alpha value is -6.45. The number of nitrogens with one attached hydrogen (secondary N) is 8. The van der Waals surface area contributed by atoms with E-state index in [4.69, 9.17) is 37.9 Å². The third kappa shape index (κ3) is 47.5. The summed E-state index contributed by atoms with van der Waals surface area (Å²) >= 11 is 0. The van der Waals surface area contributed by atoms with E-state index < -0.39 is 51.0 Å². The Labute approximate surface area is 535 Å². The first kappa shape index (κ1) is 85.6. The van der Waals surface area contributed by atoms with Gasteiger partial charge in [0.05, 0.1) is 58.3 Å². The molecule has 0 rings (SSSR count). The fraction of sp³-hybridized carbons (Fsp3) is 0.794. The van der Waals surface area contributed by atoms with Gasteiger partial charge >= 0.3 is 23.9 Å². The van der Waals surface area contributed by atoms with Crippen LogP contribution in [0, 0.1) is 27.1 Å². The fourth-order valence-electron chi connectivity index (χ4n) is 7.14. The van der Waals surface area contributed by atoms with E-state index in [1.54, 1.807) is 62.3 Å². The monoisotopic (exact) mass is 1290 g/mol. The standard InChI is InChI=1S/C62H110N8O19.CH4/c1-46(63-26-30-67-54(78)58(2,3)4)18-14-22-50(74)86-38-34-82-42-62(43-83-35-39-87-51(75)23-15-19-47(71)64-27-31-68-55(79)59(5,6)7,44-84-36-40-88-52(76)24-16-20-48(72)65-28-32-69-56(80)60(8,9)10)45-85-37-41-89-53(77)25-17-21-49(73)66-29-33-70-57(81)61(11,12)13;/h63H,1,14-45H2,2-13H3,(H,64,71)(H,65,72)(H,66,73)(H,67,78)(H,68,79)(H,69,80)(H,70,81);1H4. The van der Waals surface area contributed by atoms with Crippen molar-refractivity contribution >= 4 is 65.2 Å². The van der Waals surface area contributed by atoms with Gasteiger partial charge in [0.25, 0.3) is 0 Å². The largest absolute Gasteiger partial charge is 0.463 e. The first-order valence-electron chi connectivity index (χ1n) is 31.0. The van der Waals surface area contributed by atoms with Crippen molar-refractivity contribution in [3.63, 3.8) is 0 Å². The number of hydrogen-bond acceptors (Lipinski definition) is 20. The molecule has 0 spiro atoms. The molecule has 0 aromatic heterocycles. The molecule has 7 amide bonds. The Bertz CT molecular complexity index is 1880. The van der Waals surface area contributed by atoms with E-state index in [2.05, 4.69) is 49.1 Å². The Kier molecular flexibility index (Phi) is 45.1. The van der Waals surface area contributed by atoms with Gasteiger partial charge in [0.15, 0.2) is 0 Å². The van der Waals surface area contributed by atoms with Gasteiger partial charge in [-0.2, -0.15) is 0 Å². The molecule has 0 aromatic rings. The van der Waals surface area contributed by atoms with E-state index >= 15 is 0 Å². The Morgan fingerprint density at radius 3 is 0.733 bits per heavy atom. The summed E-state index contributed by atoms with van der Waals surface area (Å²) in [5, 5.41) is 22.4. The average Bonchev–Trinajstić information content (AvgIpc) is 3.66. The molecule has 0 aliphatic rings. The van der Waals surface area contributed by atoms with Gasteiger partial charge in [-0.05, 0) is 32.1 Å². The van der Waals surface area contributed by atoms with Crippen LogP contribution in [0.2, 0.25) is 0 Å². The van der Waals surface area contributed by atoms with Crippen molar-refractivity contribution in [1.29, 1.82) is 0 Å². The normalized spacial score (nSPS) is 11.6. The minimum Gasteiger partial charge on any atom is -0.463 e. The van der Waals surface area contributed by atoms with Crippen LogP contribution < -0.4 is 42.5 Å². The highest BCUT2D eigenvalue weighted by atomic mass is 16.6. The number of hydrogen-bond donors (Lipinski definition) is 8. The summed E-state index contributed by atoms with van der Waals surface area (Å²) in [5.41, 5.74) is -2.59. The maximum absolute atomic E-state index is 12.7. The molecule has 27 nitrogen and oxygen atoms in total. The van der Waals surface area contributed by atoms with E-state index in [-0.39, 0.29) is 232 Å². The summed E-state index contributed by atoms with van der Waals surface area (Å²) in [5.74, 6) is -3.46. The van der Waals surface area contributed by atoms with Gasteiger partial charge in [-0.3, -0.25) is 52.7 Å². The van der Waals surface area contributed by atoms with Crippen LogP contribution >= 0.6 is 0 Å². The van der Waals surface area contributed by atoms with Crippen molar-refractivity contribution < 1.29 is 90.6 Å². The molecule has 0 saturated carbocycles. The second kappa shape index (κ2) is 47.5. The lowest BCUT2D eigenvalue weighted by Crippen LogP contribution is -2.43. The van der Waals surface area contributed by atoms with Gasteiger partial charge in [0, 0.05) is 125 Å². The molecule has 0 bridgehead atoms. The molecule has 520 valence electrons. The maximum atomic E-state index is 12.7. The predicted octanol–water partition coefficient (Wildman–Crippen LogP) is 3.63. The number of ether oxygens (including phenoxy) is 8. The summed E-state index contributed by atoms with van der Waals surface area (Å²) in [4.78, 5) is 136. The Balaban J connectivity index is 0. The molecule has 0 radical (unpaired) electrons. The van der Waals surface area contributed by atoms with Crippen molar-refractivity contribution in [2.75, 3.05) is 132 Å². The van der Waals surface area contributed by atoms with E-state index in [1.807, 2.05) is 20.8 Å². The zero-order valence-electron chi connectivity index (χ0n) is 55.6. The molecule has 0 heterocycles. The third-order valence-electron chi connectivity index (χ3n) is 12.5. The molecule has 27 heteroatoms. The molecule has 0 unspecified atom stereocenters. The predicted molar refractivity (Wildman–Crippen MR) is 338 cm³/mol. The van der Waals surface area contributed by atoms with Crippen LogP contribution in [0.1, 0.15) is 168 Å². The lowest BCUT2D eigenvalue weighted by molar-refractivity contribution is -0.151. The van der Waals surface area contributed by atoms with Crippen LogP contribution in [-0.2, 0) is 90.6 Å². The summed E-state index contributed by atoms with van der Waals surface area (Å²) in [6.07, 6.45) is 1.83. The SMILES string of the molecule is C.C=C(CCCC(=O)OCCOCC(COCCOC(=O)CCCC(=O)NCCNC(=O)C(C)(C)C)(COCCOC(=O)CCCC(=O)NCCNC(=O)C(C)(C)C)COCCOC(=O)CCCC(=O)NCCNC(=O)C(C)(C)C)NCCNC(=O)C(C)(C)C. The van der Waals surface area contributed by atoms with Gasteiger partial charge in [-0.1, -0.05) is 97.1 Å². The van der Waals surface area contributed by atoms with Gasteiger partial charge in [0.2, 0.25) is 41.4 Å². The van der Waals surface area contributed by atoms with Crippen LogP contribution in [0.15, 0.2) is 12.3 Å².